The van der Waals surface area contributed by atoms with Gasteiger partial charge in [-0.25, -0.2) is 9.79 Å². The van der Waals surface area contributed by atoms with Crippen LogP contribution in [0, 0.1) is 0 Å². The summed E-state index contributed by atoms with van der Waals surface area (Å²) in [7, 11) is 2.73. The van der Waals surface area contributed by atoms with Gasteiger partial charge in [-0.2, -0.15) is 0 Å². The van der Waals surface area contributed by atoms with Crippen LogP contribution in [0.4, 0.5) is 0 Å². The lowest BCUT2D eigenvalue weighted by Gasteiger charge is -2.25. The van der Waals surface area contributed by atoms with Crippen LogP contribution in [0.25, 0.3) is 6.08 Å². The number of allylic oxidation sites excluding steroid dienone is 1. The zero-order valence-electron chi connectivity index (χ0n) is 19.3. The van der Waals surface area contributed by atoms with Gasteiger partial charge in [0.1, 0.15) is 6.04 Å². The van der Waals surface area contributed by atoms with Crippen LogP contribution in [0.1, 0.15) is 31.0 Å². The first kappa shape index (κ1) is 24.4. The van der Waals surface area contributed by atoms with Gasteiger partial charge in [-0.1, -0.05) is 53.3 Å². The zero-order valence-corrected chi connectivity index (χ0v) is 20.9. The molecule has 1 aliphatic rings. The molecule has 0 amide bonds. The molecule has 2 aromatic carbocycles. The van der Waals surface area contributed by atoms with Gasteiger partial charge < -0.3 is 14.2 Å². The molecule has 10 heteroatoms. The van der Waals surface area contributed by atoms with Crippen LogP contribution in [-0.4, -0.2) is 30.7 Å². The summed E-state index contributed by atoms with van der Waals surface area (Å²) < 4.78 is 17.4. The Morgan fingerprint density at radius 1 is 1.14 bits per heavy atom. The minimum absolute atomic E-state index is 0.197. The summed E-state index contributed by atoms with van der Waals surface area (Å²) in [6.07, 6.45) is 1.60. The first-order valence-corrected chi connectivity index (χ1v) is 11.7. The number of benzene rings is 2. The first-order chi connectivity index (χ1) is 16.8. The molecule has 1 unspecified atom stereocenters. The monoisotopic (exact) mass is 512 g/mol. The second kappa shape index (κ2) is 9.89. The molecule has 4 rings (SSSR count). The van der Waals surface area contributed by atoms with E-state index in [9.17, 15) is 14.4 Å². The van der Waals surface area contributed by atoms with E-state index in [0.29, 0.717) is 36.9 Å². The van der Waals surface area contributed by atoms with Gasteiger partial charge in [0.05, 0.1) is 30.0 Å². The van der Waals surface area contributed by atoms with Crippen molar-refractivity contribution >= 4 is 41.0 Å². The maximum Gasteiger partial charge on any atom is 0.338 e. The maximum atomic E-state index is 13.7. The lowest BCUT2D eigenvalue weighted by Crippen LogP contribution is -2.39. The molecule has 3 aromatic rings. The Morgan fingerprint density at radius 2 is 1.89 bits per heavy atom. The van der Waals surface area contributed by atoms with Gasteiger partial charge in [0, 0.05) is 17.5 Å². The average Bonchev–Trinajstić information content (AvgIpc) is 3.13. The number of rotatable bonds is 5. The Labute approximate surface area is 209 Å². The number of carbonyl (C=O) groups is 2. The van der Waals surface area contributed by atoms with Crippen LogP contribution in [0.3, 0.4) is 0 Å². The third-order valence-electron chi connectivity index (χ3n) is 5.39. The van der Waals surface area contributed by atoms with Crippen LogP contribution in [-0.2, 0) is 14.3 Å². The molecule has 8 nitrogen and oxygen atoms in total. The third kappa shape index (κ3) is 4.52. The molecule has 1 aliphatic heterocycles. The molecule has 0 fully saturated rings. The number of esters is 2. The predicted octanol–water partition coefficient (Wildman–Crippen LogP) is 3.00. The number of nitrogens with zero attached hydrogens (tertiary/aromatic N) is 2. The molecule has 2 heterocycles. The third-order valence-corrected chi connectivity index (χ3v) is 6.72. The minimum atomic E-state index is -0.826. The SMILES string of the molecule is COC(=O)C1=C(C)N=c2sc(=Cc3cccc(OC)c3OC(C)=O)c(=O)n2C1c1ccccc1Cl. The van der Waals surface area contributed by atoms with E-state index in [-0.39, 0.29) is 16.9 Å². The Kier molecular flexibility index (Phi) is 6.90. The van der Waals surface area contributed by atoms with Crippen molar-refractivity contribution in [2.75, 3.05) is 14.2 Å². The van der Waals surface area contributed by atoms with E-state index in [4.69, 9.17) is 25.8 Å². The summed E-state index contributed by atoms with van der Waals surface area (Å²) in [5.41, 5.74) is 1.31. The lowest BCUT2D eigenvalue weighted by molar-refractivity contribution is -0.136. The fourth-order valence-corrected chi connectivity index (χ4v) is 5.16. The first-order valence-electron chi connectivity index (χ1n) is 10.5. The highest BCUT2D eigenvalue weighted by Gasteiger charge is 2.34. The van der Waals surface area contributed by atoms with Crippen LogP contribution < -0.4 is 24.4 Å². The number of hydrogen-bond donors (Lipinski definition) is 0. The van der Waals surface area contributed by atoms with Crippen LogP contribution in [0.15, 0.2) is 63.5 Å². The smallest absolute Gasteiger partial charge is 0.338 e. The highest BCUT2D eigenvalue weighted by atomic mass is 35.5. The largest absolute Gasteiger partial charge is 0.493 e. The summed E-state index contributed by atoms with van der Waals surface area (Å²) in [5.74, 6) is -0.583. The molecule has 0 bridgehead atoms. The molecule has 0 saturated carbocycles. The number of ether oxygens (including phenoxy) is 3. The number of hydrogen-bond acceptors (Lipinski definition) is 8. The second-order valence-electron chi connectivity index (χ2n) is 7.57. The number of methoxy groups -OCH3 is 2. The second-order valence-corrected chi connectivity index (χ2v) is 8.98. The van der Waals surface area contributed by atoms with Gasteiger partial charge in [-0.15, -0.1) is 0 Å². The number of para-hydroxylation sites is 1. The molecular weight excluding hydrogens is 492 g/mol. The number of thiazole rings is 1. The minimum Gasteiger partial charge on any atom is -0.493 e. The molecule has 1 aromatic heterocycles. The van der Waals surface area contributed by atoms with Crippen molar-refractivity contribution in [2.45, 2.75) is 19.9 Å². The van der Waals surface area contributed by atoms with E-state index in [0.717, 1.165) is 11.3 Å². The normalized spacial score (nSPS) is 15.3. The predicted molar refractivity (Wildman–Crippen MR) is 132 cm³/mol. The number of carbonyl (C=O) groups excluding carboxylic acids is 2. The molecular formula is C25H21ClN2O6S. The average molecular weight is 513 g/mol. The van der Waals surface area contributed by atoms with Crippen molar-refractivity contribution in [3.63, 3.8) is 0 Å². The van der Waals surface area contributed by atoms with Gasteiger partial charge in [-0.05, 0) is 30.7 Å². The van der Waals surface area contributed by atoms with Crippen molar-refractivity contribution < 1.29 is 23.8 Å². The maximum absolute atomic E-state index is 13.7. The summed E-state index contributed by atoms with van der Waals surface area (Å²) in [6, 6.07) is 11.3. The highest BCUT2D eigenvalue weighted by Crippen LogP contribution is 2.35. The van der Waals surface area contributed by atoms with E-state index in [2.05, 4.69) is 4.99 Å². The van der Waals surface area contributed by atoms with Gasteiger partial charge >= 0.3 is 11.9 Å². The van der Waals surface area contributed by atoms with Crippen molar-refractivity contribution in [3.05, 3.63) is 89.6 Å². The molecule has 0 N–H and O–H groups in total. The van der Waals surface area contributed by atoms with Gasteiger partial charge in [0.25, 0.3) is 5.56 Å². The van der Waals surface area contributed by atoms with Crippen LogP contribution in [0.2, 0.25) is 5.02 Å². The fraction of sp³-hybridized carbons (Fsp3) is 0.200. The molecule has 0 aliphatic carbocycles. The van der Waals surface area contributed by atoms with E-state index in [1.165, 1.54) is 25.7 Å². The highest BCUT2D eigenvalue weighted by molar-refractivity contribution is 7.07. The number of halogens is 1. The Balaban J connectivity index is 2.00. The number of aromatic nitrogens is 1. The standard InChI is InChI=1S/C25H21ClN2O6S/c1-13-20(24(31)33-4)21(16-9-5-6-10-17(16)26)28-23(30)19(35-25(28)27-13)12-15-8-7-11-18(32-3)22(15)34-14(2)29/h5-12,21H,1-4H3. The molecule has 35 heavy (non-hydrogen) atoms. The van der Waals surface area contributed by atoms with Gasteiger partial charge in [-0.3, -0.25) is 14.2 Å². The zero-order chi connectivity index (χ0) is 25.3. The quantitative estimate of drug-likeness (QED) is 0.385. The molecule has 180 valence electrons. The Bertz CT molecular complexity index is 1550. The molecule has 0 saturated heterocycles. The van der Waals surface area contributed by atoms with Gasteiger partial charge in [0.15, 0.2) is 16.3 Å². The number of fused-ring (bicyclic) bond motifs is 1. The summed E-state index contributed by atoms with van der Waals surface area (Å²) in [5, 5.41) is 0.396. The van der Waals surface area contributed by atoms with Crippen molar-refractivity contribution in [1.82, 2.24) is 4.57 Å². The summed E-state index contributed by atoms with van der Waals surface area (Å²) in [4.78, 5) is 43.0. The van der Waals surface area contributed by atoms with Crippen molar-refractivity contribution in [1.29, 1.82) is 0 Å². The van der Waals surface area contributed by atoms with E-state index in [1.807, 2.05) is 0 Å². The summed E-state index contributed by atoms with van der Waals surface area (Å²) in [6.45, 7) is 2.97. The molecule has 0 radical (unpaired) electrons. The van der Waals surface area contributed by atoms with Crippen LogP contribution in [0.5, 0.6) is 11.5 Å². The fourth-order valence-electron chi connectivity index (χ4n) is 3.89. The molecule has 1 atom stereocenters. The summed E-state index contributed by atoms with van der Waals surface area (Å²) >= 11 is 7.63. The Hall–Kier alpha value is -3.69. The molecule has 0 spiro atoms. The van der Waals surface area contributed by atoms with Crippen LogP contribution >= 0.6 is 22.9 Å². The topological polar surface area (TPSA) is 96.2 Å². The van der Waals surface area contributed by atoms with E-state index >= 15 is 0 Å². The van der Waals surface area contributed by atoms with E-state index < -0.39 is 18.0 Å². The van der Waals surface area contributed by atoms with Crippen molar-refractivity contribution in [2.24, 2.45) is 4.99 Å². The van der Waals surface area contributed by atoms with Gasteiger partial charge in [0.2, 0.25) is 0 Å². The lowest BCUT2D eigenvalue weighted by atomic mass is 9.96. The Morgan fingerprint density at radius 3 is 2.54 bits per heavy atom. The van der Waals surface area contributed by atoms with Crippen molar-refractivity contribution in [3.8, 4) is 11.5 Å². The van der Waals surface area contributed by atoms with E-state index in [1.54, 1.807) is 55.5 Å².